The molecule has 0 atom stereocenters. The van der Waals surface area contributed by atoms with Crippen molar-refractivity contribution in [2.24, 2.45) is 0 Å². The molecule has 1 aliphatic carbocycles. The van der Waals surface area contributed by atoms with Crippen LogP contribution in [0.1, 0.15) is 26.2 Å². The Morgan fingerprint density at radius 1 is 1.47 bits per heavy atom. The van der Waals surface area contributed by atoms with Crippen LogP contribution in [0.25, 0.3) is 0 Å². The van der Waals surface area contributed by atoms with Crippen LogP contribution in [0.3, 0.4) is 0 Å². The van der Waals surface area contributed by atoms with Crippen molar-refractivity contribution < 1.29 is 14.3 Å². The zero-order valence-electron chi connectivity index (χ0n) is 10.8. The van der Waals surface area contributed by atoms with Crippen LogP contribution in [0.2, 0.25) is 0 Å². The summed E-state index contributed by atoms with van der Waals surface area (Å²) in [5.41, 5.74) is 0. The fraction of sp³-hybridized carbons (Fsp3) is 0.917. The highest BCUT2D eigenvalue weighted by atomic mass is 32.2. The van der Waals surface area contributed by atoms with Crippen molar-refractivity contribution >= 4 is 17.7 Å². The van der Waals surface area contributed by atoms with Gasteiger partial charge in [0.25, 0.3) is 0 Å². The van der Waals surface area contributed by atoms with Gasteiger partial charge in [-0.25, -0.2) is 4.79 Å². The predicted molar refractivity (Wildman–Crippen MR) is 70.4 cm³/mol. The van der Waals surface area contributed by atoms with E-state index in [0.717, 1.165) is 13.1 Å². The quantitative estimate of drug-likeness (QED) is 0.503. The highest BCUT2D eigenvalue weighted by Gasteiger charge is 2.35. The normalized spacial score (nSPS) is 17.5. The van der Waals surface area contributed by atoms with Crippen molar-refractivity contribution in [1.82, 2.24) is 5.32 Å². The van der Waals surface area contributed by atoms with E-state index in [9.17, 15) is 4.79 Å². The van der Waals surface area contributed by atoms with Gasteiger partial charge in [0.05, 0.1) is 13.2 Å². The van der Waals surface area contributed by atoms with E-state index in [1.807, 2.05) is 11.8 Å². The van der Waals surface area contributed by atoms with Gasteiger partial charge in [-0.1, -0.05) is 6.42 Å². The first kappa shape index (κ1) is 14.8. The fourth-order valence-corrected chi connectivity index (χ4v) is 2.79. The zero-order chi connectivity index (χ0) is 12.6. The number of esters is 1. The van der Waals surface area contributed by atoms with Crippen molar-refractivity contribution in [3.8, 4) is 0 Å². The molecule has 0 heterocycles. The third-order valence-electron chi connectivity index (χ3n) is 3.09. The van der Waals surface area contributed by atoms with Gasteiger partial charge in [-0.05, 0) is 26.0 Å². The lowest BCUT2D eigenvalue weighted by Crippen LogP contribution is -2.44. The van der Waals surface area contributed by atoms with E-state index in [0.29, 0.717) is 18.0 Å². The summed E-state index contributed by atoms with van der Waals surface area (Å²) >= 11 is 1.96. The molecule has 1 fully saturated rings. The number of rotatable bonds is 9. The van der Waals surface area contributed by atoms with Crippen LogP contribution < -0.4 is 5.32 Å². The summed E-state index contributed by atoms with van der Waals surface area (Å²) in [7, 11) is 0. The second-order valence-electron chi connectivity index (χ2n) is 4.28. The van der Waals surface area contributed by atoms with Crippen molar-refractivity contribution in [3.63, 3.8) is 0 Å². The number of hydrogen-bond acceptors (Lipinski definition) is 5. The summed E-state index contributed by atoms with van der Waals surface area (Å²) in [5, 5.41) is 3.39. The van der Waals surface area contributed by atoms with Gasteiger partial charge in [0, 0.05) is 17.8 Å². The average molecular weight is 261 g/mol. The minimum Gasteiger partial charge on any atom is -0.464 e. The van der Waals surface area contributed by atoms with Crippen LogP contribution in [-0.2, 0) is 14.3 Å². The molecule has 5 heteroatoms. The number of carbonyl (C=O) groups is 1. The van der Waals surface area contributed by atoms with Crippen molar-refractivity contribution in [2.45, 2.75) is 30.9 Å². The molecule has 0 aliphatic heterocycles. The maximum absolute atomic E-state index is 11.0. The lowest BCUT2D eigenvalue weighted by molar-refractivity contribution is -0.148. The van der Waals surface area contributed by atoms with Crippen LogP contribution in [0.5, 0.6) is 0 Å². The molecule has 0 unspecified atom stereocenters. The van der Waals surface area contributed by atoms with E-state index in [1.165, 1.54) is 19.3 Å². The minimum atomic E-state index is -0.285. The average Bonchev–Trinajstić information content (AvgIpc) is 2.26. The zero-order valence-corrected chi connectivity index (χ0v) is 11.6. The number of nitrogens with one attached hydrogen (secondary N) is 1. The van der Waals surface area contributed by atoms with Crippen LogP contribution in [0.4, 0.5) is 0 Å². The molecule has 0 aromatic rings. The van der Waals surface area contributed by atoms with Gasteiger partial charge in [0.1, 0.15) is 6.61 Å². The highest BCUT2D eigenvalue weighted by Crippen LogP contribution is 2.41. The van der Waals surface area contributed by atoms with Gasteiger partial charge in [-0.15, -0.1) is 0 Å². The summed E-state index contributed by atoms with van der Waals surface area (Å²) in [4.78, 5) is 11.0. The molecule has 4 nitrogen and oxygen atoms in total. The van der Waals surface area contributed by atoms with Gasteiger partial charge in [0.2, 0.25) is 0 Å². The Morgan fingerprint density at radius 3 is 2.76 bits per heavy atom. The molecule has 0 aromatic heterocycles. The number of ether oxygens (including phenoxy) is 2. The number of thioether (sulfide) groups is 1. The van der Waals surface area contributed by atoms with E-state index in [1.54, 1.807) is 6.92 Å². The molecular weight excluding hydrogens is 238 g/mol. The maximum atomic E-state index is 11.0. The lowest BCUT2D eigenvalue weighted by atomic mass is 9.84. The Kier molecular flexibility index (Phi) is 6.92. The Balaban J connectivity index is 1.92. The molecule has 100 valence electrons. The summed E-state index contributed by atoms with van der Waals surface area (Å²) in [5.74, 6) is -0.285. The topological polar surface area (TPSA) is 47.6 Å². The van der Waals surface area contributed by atoms with Gasteiger partial charge in [0.15, 0.2) is 0 Å². The minimum absolute atomic E-state index is 0.0587. The van der Waals surface area contributed by atoms with Gasteiger partial charge < -0.3 is 14.8 Å². The SMILES string of the molecule is CCOC(=O)COCCNCC1(SC)CCC1. The van der Waals surface area contributed by atoms with Crippen LogP contribution in [0, 0.1) is 0 Å². The number of carbonyl (C=O) groups excluding carboxylic acids is 1. The smallest absolute Gasteiger partial charge is 0.332 e. The van der Waals surface area contributed by atoms with Crippen LogP contribution >= 0.6 is 11.8 Å². The first-order valence-electron chi connectivity index (χ1n) is 6.22. The Morgan fingerprint density at radius 2 is 2.24 bits per heavy atom. The molecule has 0 radical (unpaired) electrons. The van der Waals surface area contributed by atoms with Crippen molar-refractivity contribution in [3.05, 3.63) is 0 Å². The molecule has 0 bridgehead atoms. The maximum Gasteiger partial charge on any atom is 0.332 e. The first-order chi connectivity index (χ1) is 8.22. The summed E-state index contributed by atoms with van der Waals surface area (Å²) in [6, 6.07) is 0. The summed E-state index contributed by atoms with van der Waals surface area (Å²) in [6.45, 7) is 4.65. The van der Waals surface area contributed by atoms with Crippen molar-refractivity contribution in [2.75, 3.05) is 39.2 Å². The molecule has 0 spiro atoms. The van der Waals surface area contributed by atoms with Gasteiger partial charge >= 0.3 is 5.97 Å². The Bertz CT molecular complexity index is 226. The summed E-state index contributed by atoms with van der Waals surface area (Å²) in [6.07, 6.45) is 6.15. The third-order valence-corrected chi connectivity index (χ3v) is 4.51. The molecule has 0 aromatic carbocycles. The van der Waals surface area contributed by atoms with Crippen LogP contribution in [0.15, 0.2) is 0 Å². The molecule has 0 saturated heterocycles. The molecule has 0 amide bonds. The second-order valence-corrected chi connectivity index (χ2v) is 5.55. The van der Waals surface area contributed by atoms with Gasteiger partial charge in [-0.2, -0.15) is 11.8 Å². The fourth-order valence-electron chi connectivity index (χ4n) is 1.84. The van der Waals surface area contributed by atoms with E-state index < -0.39 is 0 Å². The predicted octanol–water partition coefficient (Wildman–Crippen LogP) is 1.44. The van der Waals surface area contributed by atoms with E-state index in [-0.39, 0.29) is 12.6 Å². The molecule has 1 rings (SSSR count). The van der Waals surface area contributed by atoms with E-state index in [4.69, 9.17) is 9.47 Å². The lowest BCUT2D eigenvalue weighted by Gasteiger charge is -2.40. The van der Waals surface area contributed by atoms with Crippen LogP contribution in [-0.4, -0.2) is 49.9 Å². The largest absolute Gasteiger partial charge is 0.464 e. The standard InChI is InChI=1S/C12H23NO3S/c1-3-16-11(14)9-15-8-7-13-10-12(17-2)5-4-6-12/h13H,3-10H2,1-2H3. The number of hydrogen-bond donors (Lipinski definition) is 1. The summed E-state index contributed by atoms with van der Waals surface area (Å²) < 4.78 is 10.4. The Labute approximate surface area is 108 Å². The first-order valence-corrected chi connectivity index (χ1v) is 7.44. The van der Waals surface area contributed by atoms with E-state index in [2.05, 4.69) is 11.6 Å². The molecular formula is C12H23NO3S. The molecule has 17 heavy (non-hydrogen) atoms. The third kappa shape index (κ3) is 5.27. The molecule has 1 N–H and O–H groups in total. The van der Waals surface area contributed by atoms with Gasteiger partial charge in [-0.3, -0.25) is 0 Å². The Hall–Kier alpha value is -0.260. The highest BCUT2D eigenvalue weighted by molar-refractivity contribution is 8.00. The molecule has 1 saturated carbocycles. The second kappa shape index (κ2) is 7.95. The van der Waals surface area contributed by atoms with Crippen molar-refractivity contribution in [1.29, 1.82) is 0 Å². The monoisotopic (exact) mass is 261 g/mol. The van der Waals surface area contributed by atoms with E-state index >= 15 is 0 Å². The molecule has 1 aliphatic rings.